The molecule has 0 radical (unpaired) electrons. The molecule has 15 heavy (non-hydrogen) atoms. The lowest BCUT2D eigenvalue weighted by atomic mass is 9.93. The van der Waals surface area contributed by atoms with Gasteiger partial charge in [0, 0.05) is 18.6 Å². The van der Waals surface area contributed by atoms with Gasteiger partial charge in [-0.25, -0.2) is 0 Å². The van der Waals surface area contributed by atoms with Crippen LogP contribution in [0.25, 0.3) is 0 Å². The zero-order valence-electron chi connectivity index (χ0n) is 9.78. The second kappa shape index (κ2) is 5.47. The van der Waals surface area contributed by atoms with Crippen molar-refractivity contribution in [1.82, 2.24) is 4.90 Å². The Labute approximate surface area is 92.0 Å². The van der Waals surface area contributed by atoms with E-state index in [0.29, 0.717) is 18.6 Å². The Balaban J connectivity index is 2.79. The van der Waals surface area contributed by atoms with Crippen LogP contribution in [0.15, 0.2) is 0 Å². The van der Waals surface area contributed by atoms with Crippen LogP contribution in [0.2, 0.25) is 0 Å². The fraction of sp³-hybridized carbons (Fsp3) is 0.909. The Morgan fingerprint density at radius 2 is 2.20 bits per heavy atom. The number of hydrogen-bond acceptors (Lipinski definition) is 3. The van der Waals surface area contributed by atoms with E-state index in [9.17, 15) is 4.79 Å². The SMILES string of the molecule is CCC(C(N)=O)N1C(C)CCCC1CN. The summed E-state index contributed by atoms with van der Waals surface area (Å²) >= 11 is 0. The van der Waals surface area contributed by atoms with Crippen LogP contribution >= 0.6 is 0 Å². The van der Waals surface area contributed by atoms with Gasteiger partial charge in [-0.1, -0.05) is 13.3 Å². The van der Waals surface area contributed by atoms with E-state index in [1.165, 1.54) is 6.42 Å². The summed E-state index contributed by atoms with van der Waals surface area (Å²) in [6, 6.07) is 0.602. The molecule has 1 aliphatic rings. The van der Waals surface area contributed by atoms with Crippen molar-refractivity contribution in [1.29, 1.82) is 0 Å². The van der Waals surface area contributed by atoms with Gasteiger partial charge in [0.2, 0.25) is 5.91 Å². The number of carbonyl (C=O) groups excluding carboxylic acids is 1. The molecule has 0 aromatic heterocycles. The Morgan fingerprint density at radius 3 is 2.67 bits per heavy atom. The zero-order chi connectivity index (χ0) is 11.4. The van der Waals surface area contributed by atoms with Gasteiger partial charge in [-0.15, -0.1) is 0 Å². The molecule has 0 aromatic carbocycles. The molecule has 0 spiro atoms. The van der Waals surface area contributed by atoms with Crippen molar-refractivity contribution in [3.8, 4) is 0 Å². The van der Waals surface area contributed by atoms with Gasteiger partial charge in [0.1, 0.15) is 0 Å². The maximum Gasteiger partial charge on any atom is 0.234 e. The van der Waals surface area contributed by atoms with E-state index in [4.69, 9.17) is 11.5 Å². The minimum atomic E-state index is -0.218. The van der Waals surface area contributed by atoms with E-state index >= 15 is 0 Å². The summed E-state index contributed by atoms with van der Waals surface area (Å²) in [5.41, 5.74) is 11.2. The molecule has 1 heterocycles. The van der Waals surface area contributed by atoms with Gasteiger partial charge in [0.05, 0.1) is 6.04 Å². The quantitative estimate of drug-likeness (QED) is 0.712. The van der Waals surface area contributed by atoms with Crippen LogP contribution < -0.4 is 11.5 Å². The van der Waals surface area contributed by atoms with Gasteiger partial charge in [-0.3, -0.25) is 9.69 Å². The molecule has 1 fully saturated rings. The molecule has 0 bridgehead atoms. The molecule has 0 saturated carbocycles. The van der Waals surface area contributed by atoms with E-state index in [1.54, 1.807) is 0 Å². The summed E-state index contributed by atoms with van der Waals surface area (Å²) < 4.78 is 0. The highest BCUT2D eigenvalue weighted by atomic mass is 16.1. The average Bonchev–Trinajstić information content (AvgIpc) is 2.21. The summed E-state index contributed by atoms with van der Waals surface area (Å²) in [5, 5.41) is 0. The molecule has 3 unspecified atom stereocenters. The van der Waals surface area contributed by atoms with E-state index in [-0.39, 0.29) is 11.9 Å². The van der Waals surface area contributed by atoms with Crippen molar-refractivity contribution >= 4 is 5.91 Å². The summed E-state index contributed by atoms with van der Waals surface area (Å²) in [4.78, 5) is 13.6. The van der Waals surface area contributed by atoms with Crippen LogP contribution in [0.4, 0.5) is 0 Å². The molecule has 1 amide bonds. The summed E-state index contributed by atoms with van der Waals surface area (Å²) in [5.74, 6) is -0.218. The monoisotopic (exact) mass is 213 g/mol. The minimum Gasteiger partial charge on any atom is -0.368 e. The van der Waals surface area contributed by atoms with Gasteiger partial charge in [0.15, 0.2) is 0 Å². The first-order valence-corrected chi connectivity index (χ1v) is 5.88. The van der Waals surface area contributed by atoms with Crippen molar-refractivity contribution in [2.24, 2.45) is 11.5 Å². The number of primary amides is 1. The number of likely N-dealkylation sites (tertiary alicyclic amines) is 1. The van der Waals surface area contributed by atoms with Crippen LogP contribution in [0, 0.1) is 0 Å². The van der Waals surface area contributed by atoms with Crippen LogP contribution in [0.3, 0.4) is 0 Å². The third-order valence-electron chi connectivity index (χ3n) is 3.44. The first-order chi connectivity index (χ1) is 7.11. The molecule has 0 aromatic rings. The second-order valence-corrected chi connectivity index (χ2v) is 4.44. The Morgan fingerprint density at radius 1 is 1.53 bits per heavy atom. The third kappa shape index (κ3) is 2.69. The highest BCUT2D eigenvalue weighted by molar-refractivity contribution is 5.79. The van der Waals surface area contributed by atoms with Crippen LogP contribution in [0.1, 0.15) is 39.5 Å². The fourth-order valence-electron chi connectivity index (χ4n) is 2.67. The number of amides is 1. The topological polar surface area (TPSA) is 72.4 Å². The van der Waals surface area contributed by atoms with Crippen LogP contribution in [-0.4, -0.2) is 35.5 Å². The number of nitrogens with two attached hydrogens (primary N) is 2. The van der Waals surface area contributed by atoms with E-state index in [2.05, 4.69) is 11.8 Å². The van der Waals surface area contributed by atoms with Crippen molar-refractivity contribution < 1.29 is 4.79 Å². The second-order valence-electron chi connectivity index (χ2n) is 4.44. The molecule has 4 N–H and O–H groups in total. The Hall–Kier alpha value is -0.610. The van der Waals surface area contributed by atoms with E-state index in [1.807, 2.05) is 6.92 Å². The third-order valence-corrected chi connectivity index (χ3v) is 3.44. The molecule has 4 nitrogen and oxygen atoms in total. The normalized spacial score (nSPS) is 30.1. The first-order valence-electron chi connectivity index (χ1n) is 5.88. The molecule has 1 aliphatic heterocycles. The number of carbonyl (C=O) groups is 1. The van der Waals surface area contributed by atoms with Crippen molar-refractivity contribution in [2.75, 3.05) is 6.54 Å². The van der Waals surface area contributed by atoms with Crippen molar-refractivity contribution in [3.05, 3.63) is 0 Å². The lowest BCUT2D eigenvalue weighted by Crippen LogP contribution is -2.57. The molecular formula is C11H23N3O. The van der Waals surface area contributed by atoms with Gasteiger partial charge >= 0.3 is 0 Å². The predicted octanol–water partition coefficient (Wildman–Crippen LogP) is 0.452. The lowest BCUT2D eigenvalue weighted by molar-refractivity contribution is -0.126. The van der Waals surface area contributed by atoms with Gasteiger partial charge < -0.3 is 11.5 Å². The summed E-state index contributed by atoms with van der Waals surface area (Å²) in [7, 11) is 0. The zero-order valence-corrected chi connectivity index (χ0v) is 9.78. The van der Waals surface area contributed by atoms with Crippen LogP contribution in [-0.2, 0) is 4.79 Å². The maximum atomic E-state index is 11.4. The number of piperidine rings is 1. The smallest absolute Gasteiger partial charge is 0.234 e. The van der Waals surface area contributed by atoms with Gasteiger partial charge in [-0.2, -0.15) is 0 Å². The molecular weight excluding hydrogens is 190 g/mol. The molecule has 88 valence electrons. The maximum absolute atomic E-state index is 11.4. The highest BCUT2D eigenvalue weighted by Crippen LogP contribution is 2.25. The fourth-order valence-corrected chi connectivity index (χ4v) is 2.67. The summed E-state index contributed by atoms with van der Waals surface area (Å²) in [6.45, 7) is 4.78. The number of hydrogen-bond donors (Lipinski definition) is 2. The molecule has 3 atom stereocenters. The number of nitrogens with zero attached hydrogens (tertiary/aromatic N) is 1. The van der Waals surface area contributed by atoms with Crippen molar-refractivity contribution in [2.45, 2.75) is 57.7 Å². The number of rotatable bonds is 4. The van der Waals surface area contributed by atoms with Gasteiger partial charge in [0.25, 0.3) is 0 Å². The first kappa shape index (κ1) is 12.5. The van der Waals surface area contributed by atoms with Crippen LogP contribution in [0.5, 0.6) is 0 Å². The standard InChI is InChI=1S/C11H23N3O/c1-3-10(11(13)15)14-8(2)5-4-6-9(14)7-12/h8-10H,3-7,12H2,1-2H3,(H2,13,15). The molecule has 1 rings (SSSR count). The van der Waals surface area contributed by atoms with E-state index < -0.39 is 0 Å². The Kier molecular flexibility index (Phi) is 4.54. The molecule has 0 aliphatic carbocycles. The minimum absolute atomic E-state index is 0.145. The van der Waals surface area contributed by atoms with Crippen molar-refractivity contribution in [3.63, 3.8) is 0 Å². The largest absolute Gasteiger partial charge is 0.368 e. The van der Waals surface area contributed by atoms with E-state index in [0.717, 1.165) is 19.3 Å². The average molecular weight is 213 g/mol. The molecule has 1 saturated heterocycles. The Bertz CT molecular complexity index is 220. The highest BCUT2D eigenvalue weighted by Gasteiger charge is 2.34. The molecule has 4 heteroatoms. The van der Waals surface area contributed by atoms with Gasteiger partial charge in [-0.05, 0) is 26.2 Å². The predicted molar refractivity (Wildman–Crippen MR) is 61.3 cm³/mol. The lowest BCUT2D eigenvalue weighted by Gasteiger charge is -2.43. The summed E-state index contributed by atoms with van der Waals surface area (Å²) in [6.07, 6.45) is 4.20.